The Morgan fingerprint density at radius 2 is 2.00 bits per heavy atom. The number of epoxide rings is 1. The van der Waals surface area contributed by atoms with Crippen LogP contribution in [0.3, 0.4) is 0 Å². The number of carbonyl (C=O) groups excluding carboxylic acids is 2. The molecule has 0 aromatic rings. The van der Waals surface area contributed by atoms with Crippen LogP contribution < -0.4 is 0 Å². The van der Waals surface area contributed by atoms with Crippen molar-refractivity contribution in [3.8, 4) is 0 Å². The molecule has 2 aliphatic carbocycles. The number of esters is 1. The fourth-order valence-corrected chi connectivity index (χ4v) is 4.94. The van der Waals surface area contributed by atoms with E-state index < -0.39 is 18.2 Å². The van der Waals surface area contributed by atoms with Crippen LogP contribution in [0.25, 0.3) is 0 Å². The molecule has 0 radical (unpaired) electrons. The quantitative estimate of drug-likeness (QED) is 0.471. The second-order valence-corrected chi connectivity index (χ2v) is 9.11. The molecule has 3 aliphatic rings. The van der Waals surface area contributed by atoms with E-state index in [1.165, 1.54) is 6.08 Å². The van der Waals surface area contributed by atoms with Crippen LogP contribution in [0.15, 0.2) is 11.6 Å². The van der Waals surface area contributed by atoms with Crippen LogP contribution in [0, 0.1) is 23.2 Å². The molecule has 0 amide bonds. The van der Waals surface area contributed by atoms with Gasteiger partial charge in [0, 0.05) is 30.8 Å². The largest absolute Gasteiger partial charge is 0.456 e. The maximum absolute atomic E-state index is 12.4. The Bertz CT molecular complexity index is 620. The third kappa shape index (κ3) is 3.36. The maximum atomic E-state index is 12.4. The topological polar surface area (TPSA) is 76.1 Å². The number of allylic oxidation sites excluding steroid dienone is 1. The van der Waals surface area contributed by atoms with Gasteiger partial charge >= 0.3 is 5.97 Å². The Kier molecular flexibility index (Phi) is 5.08. The van der Waals surface area contributed by atoms with Gasteiger partial charge in [0.2, 0.25) is 0 Å². The summed E-state index contributed by atoms with van der Waals surface area (Å²) in [5, 5.41) is 11.1. The molecule has 1 aliphatic heterocycles. The summed E-state index contributed by atoms with van der Waals surface area (Å²) in [5.74, 6) is -0.273. The number of Topliss-reactive ketones (excluding diaryl/α,β-unsaturated/α-hetero) is 1. The number of rotatable bonds is 4. The van der Waals surface area contributed by atoms with Crippen LogP contribution in [-0.4, -0.2) is 41.3 Å². The van der Waals surface area contributed by atoms with E-state index in [0.717, 1.165) is 18.4 Å². The van der Waals surface area contributed by atoms with Crippen LogP contribution >= 0.6 is 0 Å². The summed E-state index contributed by atoms with van der Waals surface area (Å²) < 4.78 is 11.4. The summed E-state index contributed by atoms with van der Waals surface area (Å²) in [4.78, 5) is 24.7. The smallest absolute Gasteiger partial charge is 0.331 e. The summed E-state index contributed by atoms with van der Waals surface area (Å²) in [5.41, 5.74) is 0.431. The van der Waals surface area contributed by atoms with Gasteiger partial charge in [0.15, 0.2) is 0 Å². The first-order chi connectivity index (χ1) is 12.1. The minimum Gasteiger partial charge on any atom is -0.456 e. The number of hydrogen-bond donors (Lipinski definition) is 1. The molecule has 3 rings (SSSR count). The minimum absolute atomic E-state index is 0.0894. The predicted octanol–water partition coefficient (Wildman–Crippen LogP) is 3.05. The lowest BCUT2D eigenvalue weighted by Crippen LogP contribution is -2.60. The van der Waals surface area contributed by atoms with E-state index in [1.54, 1.807) is 0 Å². The number of hydrogen-bond acceptors (Lipinski definition) is 5. The van der Waals surface area contributed by atoms with Gasteiger partial charge in [-0.05, 0) is 38.0 Å². The van der Waals surface area contributed by atoms with Gasteiger partial charge in [0.25, 0.3) is 0 Å². The molecule has 0 spiro atoms. The number of ether oxygens (including phenoxy) is 2. The molecule has 5 heteroatoms. The van der Waals surface area contributed by atoms with Gasteiger partial charge in [-0.1, -0.05) is 26.3 Å². The van der Waals surface area contributed by atoms with E-state index in [9.17, 15) is 14.7 Å². The third-order valence-electron chi connectivity index (χ3n) is 7.32. The zero-order chi connectivity index (χ0) is 19.3. The average molecular weight is 364 g/mol. The predicted molar refractivity (Wildman–Crippen MR) is 97.4 cm³/mol. The summed E-state index contributed by atoms with van der Waals surface area (Å²) >= 11 is 0. The molecule has 7 atom stereocenters. The number of fused-ring (bicyclic) bond motifs is 1. The Labute approximate surface area is 156 Å². The number of aliphatic hydroxyl groups is 1. The van der Waals surface area contributed by atoms with Crippen LogP contribution in [-0.2, 0) is 19.1 Å². The van der Waals surface area contributed by atoms with Gasteiger partial charge in [-0.15, -0.1) is 0 Å². The average Bonchev–Trinajstić information content (AvgIpc) is 3.31. The summed E-state index contributed by atoms with van der Waals surface area (Å²) in [6.45, 7) is 10.8. The highest BCUT2D eigenvalue weighted by molar-refractivity contribution is 5.83. The van der Waals surface area contributed by atoms with Crippen molar-refractivity contribution in [1.29, 1.82) is 0 Å². The normalized spacial score (nSPS) is 45.8. The summed E-state index contributed by atoms with van der Waals surface area (Å²) in [7, 11) is 0. The lowest BCUT2D eigenvalue weighted by atomic mass is 9.51. The van der Waals surface area contributed by atoms with Gasteiger partial charge in [0.05, 0.1) is 18.3 Å². The molecule has 1 N–H and O–H groups in total. The van der Waals surface area contributed by atoms with Crippen molar-refractivity contribution in [3.63, 3.8) is 0 Å². The van der Waals surface area contributed by atoms with Crippen molar-refractivity contribution in [3.05, 3.63) is 11.6 Å². The SMILES string of the molecule is CC/C(C)=C/C(=O)O[C@@H]1[C@H](O)[C@@H]([C@]2(C)CO2)C[C@@]2(C)[C@@H]1CC(=O)C[C@@H]2C. The standard InChI is InChI=1S/C21H32O5/c1-6-12(2)7-17(23)26-19-15-9-14(22)8-13(3)20(15,4)10-16(18(19)24)21(5)11-25-21/h7,13,15-16,18-19,24H,6,8-11H2,1-5H3/b12-7+/t13-,15+,16-,18+,19-,20+,21-/m0/s1. The third-order valence-corrected chi connectivity index (χ3v) is 7.32. The first-order valence-corrected chi connectivity index (χ1v) is 9.82. The maximum Gasteiger partial charge on any atom is 0.331 e. The van der Waals surface area contributed by atoms with E-state index in [-0.39, 0.29) is 34.6 Å². The Balaban J connectivity index is 1.92. The molecular formula is C21H32O5. The molecule has 0 aromatic carbocycles. The van der Waals surface area contributed by atoms with Crippen molar-refractivity contribution in [2.45, 2.75) is 78.1 Å². The van der Waals surface area contributed by atoms with E-state index in [1.807, 2.05) is 20.8 Å². The van der Waals surface area contributed by atoms with Crippen LogP contribution in [0.5, 0.6) is 0 Å². The number of carbonyl (C=O) groups is 2. The highest BCUT2D eigenvalue weighted by Gasteiger charge is 2.63. The Hall–Kier alpha value is -1.20. The lowest BCUT2D eigenvalue weighted by molar-refractivity contribution is -0.195. The van der Waals surface area contributed by atoms with Crippen molar-refractivity contribution >= 4 is 11.8 Å². The van der Waals surface area contributed by atoms with Crippen LogP contribution in [0.2, 0.25) is 0 Å². The minimum atomic E-state index is -0.807. The molecule has 1 saturated heterocycles. The lowest BCUT2D eigenvalue weighted by Gasteiger charge is -2.56. The van der Waals surface area contributed by atoms with E-state index in [0.29, 0.717) is 19.4 Å². The molecule has 1 heterocycles. The van der Waals surface area contributed by atoms with Crippen LogP contribution in [0.1, 0.15) is 60.3 Å². The molecule has 26 heavy (non-hydrogen) atoms. The van der Waals surface area contributed by atoms with Gasteiger partial charge in [-0.3, -0.25) is 4.79 Å². The summed E-state index contributed by atoms with van der Waals surface area (Å²) in [6, 6.07) is 0. The first kappa shape index (κ1) is 19.6. The second-order valence-electron chi connectivity index (χ2n) is 9.11. The molecule has 2 saturated carbocycles. The highest BCUT2D eigenvalue weighted by atomic mass is 16.6. The molecular weight excluding hydrogens is 332 g/mol. The summed E-state index contributed by atoms with van der Waals surface area (Å²) in [6.07, 6.45) is 2.52. The van der Waals surface area contributed by atoms with Crippen molar-refractivity contribution < 1.29 is 24.2 Å². The fraction of sp³-hybridized carbons (Fsp3) is 0.810. The first-order valence-electron chi connectivity index (χ1n) is 9.82. The van der Waals surface area contributed by atoms with E-state index >= 15 is 0 Å². The fourth-order valence-electron chi connectivity index (χ4n) is 4.94. The van der Waals surface area contributed by atoms with E-state index in [2.05, 4.69) is 13.8 Å². The highest BCUT2D eigenvalue weighted by Crippen LogP contribution is 2.58. The van der Waals surface area contributed by atoms with Gasteiger partial charge in [-0.25, -0.2) is 4.79 Å². The zero-order valence-electron chi connectivity index (χ0n) is 16.6. The number of aliphatic hydroxyl groups excluding tert-OH is 1. The second kappa shape index (κ2) is 6.75. The molecule has 0 aromatic heterocycles. The Morgan fingerprint density at radius 3 is 2.58 bits per heavy atom. The van der Waals surface area contributed by atoms with Gasteiger partial charge in [0.1, 0.15) is 11.9 Å². The molecule has 3 fully saturated rings. The molecule has 5 nitrogen and oxygen atoms in total. The van der Waals surface area contributed by atoms with Gasteiger partial charge < -0.3 is 14.6 Å². The monoisotopic (exact) mass is 364 g/mol. The van der Waals surface area contributed by atoms with Crippen molar-refractivity contribution in [2.75, 3.05) is 6.61 Å². The van der Waals surface area contributed by atoms with Crippen molar-refractivity contribution in [1.82, 2.24) is 0 Å². The van der Waals surface area contributed by atoms with Gasteiger partial charge in [-0.2, -0.15) is 0 Å². The Morgan fingerprint density at radius 1 is 1.35 bits per heavy atom. The molecule has 0 bridgehead atoms. The van der Waals surface area contributed by atoms with Crippen LogP contribution in [0.4, 0.5) is 0 Å². The number of ketones is 1. The molecule has 0 unspecified atom stereocenters. The zero-order valence-corrected chi connectivity index (χ0v) is 16.6. The van der Waals surface area contributed by atoms with Crippen molar-refractivity contribution in [2.24, 2.45) is 23.2 Å². The molecule has 146 valence electrons. The van der Waals surface area contributed by atoms with E-state index in [4.69, 9.17) is 9.47 Å².